The third kappa shape index (κ3) is 1.49. The first-order valence-corrected chi connectivity index (χ1v) is 5.02. The fourth-order valence-electron chi connectivity index (χ4n) is 2.25. The summed E-state index contributed by atoms with van der Waals surface area (Å²) in [6.07, 6.45) is 2.59. The maximum Gasteiger partial charge on any atom is 0.0811 e. The van der Waals surface area contributed by atoms with E-state index in [0.29, 0.717) is 0 Å². The van der Waals surface area contributed by atoms with Gasteiger partial charge in [-0.25, -0.2) is 0 Å². The van der Waals surface area contributed by atoms with Gasteiger partial charge in [-0.05, 0) is 32.9 Å². The van der Waals surface area contributed by atoms with Gasteiger partial charge in [0.2, 0.25) is 0 Å². The zero-order valence-electron chi connectivity index (χ0n) is 7.90. The molecule has 1 atom stereocenters. The second kappa shape index (κ2) is 3.32. The van der Waals surface area contributed by atoms with Crippen molar-refractivity contribution in [2.45, 2.75) is 25.4 Å². The van der Waals surface area contributed by atoms with Crippen molar-refractivity contribution in [2.75, 3.05) is 32.7 Å². The number of hydrogen-bond acceptors (Lipinski definition) is 3. The summed E-state index contributed by atoms with van der Waals surface area (Å²) in [4.78, 5) is 2.58. The molecule has 0 bridgehead atoms. The minimum Gasteiger partial charge on any atom is -0.314 e. The van der Waals surface area contributed by atoms with Crippen LogP contribution in [0.25, 0.3) is 0 Å². The predicted molar refractivity (Wildman–Crippen MR) is 50.1 cm³/mol. The minimum atomic E-state index is 0.231. The highest BCUT2D eigenvalue weighted by Gasteiger charge is 2.34. The molecule has 0 saturated carbocycles. The smallest absolute Gasteiger partial charge is 0.0811 e. The Kier molecular flexibility index (Phi) is 2.35. The van der Waals surface area contributed by atoms with Crippen molar-refractivity contribution in [2.24, 2.45) is 0 Å². The van der Waals surface area contributed by atoms with Crippen LogP contribution >= 0.6 is 0 Å². The van der Waals surface area contributed by atoms with E-state index in [1.165, 1.54) is 39.0 Å². The second-order valence-electron chi connectivity index (χ2n) is 4.07. The monoisotopic (exact) mass is 169 g/mol. The van der Waals surface area contributed by atoms with Crippen LogP contribution in [-0.4, -0.2) is 43.3 Å². The van der Waals surface area contributed by atoms with Gasteiger partial charge in [-0.2, -0.15) is 0 Å². The molecule has 3 heteroatoms. The van der Waals surface area contributed by atoms with Crippen LogP contribution in [0.3, 0.4) is 0 Å². The topological polar surface area (TPSA) is 27.3 Å². The summed E-state index contributed by atoms with van der Waals surface area (Å²) in [6.45, 7) is 8.27. The molecule has 0 aromatic rings. The maximum atomic E-state index is 3.60. The average Bonchev–Trinajstić information content (AvgIpc) is 2.25. The minimum absolute atomic E-state index is 0.231. The Hall–Kier alpha value is -0.120. The lowest BCUT2D eigenvalue weighted by molar-refractivity contribution is 0.0532. The highest BCUT2D eigenvalue weighted by molar-refractivity contribution is 4.91. The van der Waals surface area contributed by atoms with Gasteiger partial charge < -0.3 is 5.32 Å². The molecule has 2 heterocycles. The van der Waals surface area contributed by atoms with Crippen molar-refractivity contribution in [1.29, 1.82) is 0 Å². The van der Waals surface area contributed by atoms with Gasteiger partial charge in [0.05, 0.1) is 5.66 Å². The normalized spacial score (nSPS) is 38.8. The fraction of sp³-hybridized carbons (Fsp3) is 1.00. The van der Waals surface area contributed by atoms with Crippen molar-refractivity contribution in [3.05, 3.63) is 0 Å². The summed E-state index contributed by atoms with van der Waals surface area (Å²) in [5, 5.41) is 7.08. The highest BCUT2D eigenvalue weighted by Crippen LogP contribution is 2.17. The Bertz CT molecular complexity index is 160. The molecule has 2 aliphatic rings. The number of nitrogens with one attached hydrogen (secondary N) is 2. The van der Waals surface area contributed by atoms with Crippen LogP contribution in [0, 0.1) is 0 Å². The van der Waals surface area contributed by atoms with E-state index in [0.717, 1.165) is 6.54 Å². The molecule has 0 unspecified atom stereocenters. The van der Waals surface area contributed by atoms with E-state index in [-0.39, 0.29) is 5.66 Å². The summed E-state index contributed by atoms with van der Waals surface area (Å²) in [6, 6.07) is 0. The first-order valence-electron chi connectivity index (χ1n) is 5.02. The van der Waals surface area contributed by atoms with Crippen LogP contribution in [0.15, 0.2) is 0 Å². The Morgan fingerprint density at radius 1 is 1.17 bits per heavy atom. The summed E-state index contributed by atoms with van der Waals surface area (Å²) < 4.78 is 0. The van der Waals surface area contributed by atoms with E-state index in [4.69, 9.17) is 0 Å². The molecule has 0 radical (unpaired) electrons. The predicted octanol–water partition coefficient (Wildman–Crippen LogP) is -0.00880. The van der Waals surface area contributed by atoms with Crippen LogP contribution in [-0.2, 0) is 0 Å². The van der Waals surface area contributed by atoms with Gasteiger partial charge in [0.15, 0.2) is 0 Å². The van der Waals surface area contributed by atoms with Crippen molar-refractivity contribution in [3.63, 3.8) is 0 Å². The third-order valence-electron chi connectivity index (χ3n) is 3.06. The first-order chi connectivity index (χ1) is 5.81. The summed E-state index contributed by atoms with van der Waals surface area (Å²) >= 11 is 0. The number of nitrogens with zero attached hydrogens (tertiary/aromatic N) is 1. The summed E-state index contributed by atoms with van der Waals surface area (Å²) in [7, 11) is 0. The molecule has 2 aliphatic heterocycles. The van der Waals surface area contributed by atoms with Gasteiger partial charge in [0, 0.05) is 19.6 Å². The number of rotatable bonds is 0. The zero-order chi connectivity index (χ0) is 8.44. The molecule has 0 aromatic carbocycles. The first kappa shape index (κ1) is 8.48. The van der Waals surface area contributed by atoms with E-state index in [2.05, 4.69) is 22.5 Å². The lowest BCUT2D eigenvalue weighted by atomic mass is 10.1. The Balaban J connectivity index is 2.07. The molecule has 0 aliphatic carbocycles. The van der Waals surface area contributed by atoms with Gasteiger partial charge in [-0.15, -0.1) is 0 Å². The molecule has 2 rings (SSSR count). The molecule has 2 fully saturated rings. The SMILES string of the molecule is C[C@]12CNCCCN1CCCN2. The Morgan fingerprint density at radius 2 is 1.92 bits per heavy atom. The lowest BCUT2D eigenvalue weighted by Crippen LogP contribution is -2.64. The molecule has 3 nitrogen and oxygen atoms in total. The molecule has 12 heavy (non-hydrogen) atoms. The maximum absolute atomic E-state index is 3.60. The quantitative estimate of drug-likeness (QED) is 0.534. The van der Waals surface area contributed by atoms with Gasteiger partial charge in [-0.3, -0.25) is 10.2 Å². The highest BCUT2D eigenvalue weighted by atomic mass is 15.4. The average molecular weight is 169 g/mol. The van der Waals surface area contributed by atoms with Gasteiger partial charge in [-0.1, -0.05) is 0 Å². The second-order valence-corrected chi connectivity index (χ2v) is 4.07. The van der Waals surface area contributed by atoms with Crippen molar-refractivity contribution >= 4 is 0 Å². The summed E-state index contributed by atoms with van der Waals surface area (Å²) in [5.41, 5.74) is 0.231. The third-order valence-corrected chi connectivity index (χ3v) is 3.06. The van der Waals surface area contributed by atoms with Crippen molar-refractivity contribution in [3.8, 4) is 0 Å². The lowest BCUT2D eigenvalue weighted by Gasteiger charge is -2.44. The van der Waals surface area contributed by atoms with Crippen LogP contribution in [0.4, 0.5) is 0 Å². The van der Waals surface area contributed by atoms with E-state index >= 15 is 0 Å². The summed E-state index contributed by atoms with van der Waals surface area (Å²) in [5.74, 6) is 0. The Morgan fingerprint density at radius 3 is 2.75 bits per heavy atom. The van der Waals surface area contributed by atoms with Gasteiger partial charge in [0.1, 0.15) is 0 Å². The van der Waals surface area contributed by atoms with E-state index in [1.54, 1.807) is 0 Å². The Labute approximate surface area is 74.5 Å². The van der Waals surface area contributed by atoms with Crippen LogP contribution in [0.5, 0.6) is 0 Å². The standard InChI is InChI=1S/C9H19N3/c1-9-8-10-4-2-6-12(9)7-3-5-11-9/h10-11H,2-8H2,1H3/t9-/m1/s1. The van der Waals surface area contributed by atoms with Gasteiger partial charge in [0.25, 0.3) is 0 Å². The van der Waals surface area contributed by atoms with Crippen LogP contribution in [0.2, 0.25) is 0 Å². The van der Waals surface area contributed by atoms with E-state index < -0.39 is 0 Å². The van der Waals surface area contributed by atoms with E-state index in [1.807, 2.05) is 0 Å². The van der Waals surface area contributed by atoms with Crippen LogP contribution < -0.4 is 10.6 Å². The molecule has 2 N–H and O–H groups in total. The van der Waals surface area contributed by atoms with Crippen molar-refractivity contribution < 1.29 is 0 Å². The molecular weight excluding hydrogens is 150 g/mol. The molecule has 0 amide bonds. The largest absolute Gasteiger partial charge is 0.314 e. The number of hydrogen-bond donors (Lipinski definition) is 2. The molecule has 0 spiro atoms. The fourth-order valence-corrected chi connectivity index (χ4v) is 2.25. The van der Waals surface area contributed by atoms with Crippen molar-refractivity contribution in [1.82, 2.24) is 15.5 Å². The van der Waals surface area contributed by atoms with Gasteiger partial charge >= 0.3 is 0 Å². The molecular formula is C9H19N3. The molecule has 2 saturated heterocycles. The van der Waals surface area contributed by atoms with E-state index in [9.17, 15) is 0 Å². The molecule has 0 aromatic heterocycles. The van der Waals surface area contributed by atoms with Crippen LogP contribution in [0.1, 0.15) is 19.8 Å². The zero-order valence-corrected chi connectivity index (χ0v) is 7.90. The molecule has 70 valence electrons. The number of fused-ring (bicyclic) bond motifs is 1.